The van der Waals surface area contributed by atoms with Gasteiger partial charge in [0.2, 0.25) is 0 Å². The topological polar surface area (TPSA) is 51.8 Å². The summed E-state index contributed by atoms with van der Waals surface area (Å²) in [6.07, 6.45) is 0.783. The van der Waals surface area contributed by atoms with E-state index in [1.54, 1.807) is 0 Å². The molecule has 3 nitrogen and oxygen atoms in total. The van der Waals surface area contributed by atoms with Crippen LogP contribution >= 0.6 is 15.9 Å². The third kappa shape index (κ3) is 2.47. The number of hydrogen-bond donors (Lipinski definition) is 1. The maximum Gasteiger partial charge on any atom is 0.131 e. The number of benzene rings is 1. The minimum atomic E-state index is 0.562. The SMILES string of the molecule is CCc1nc(N)c(C)c(-c2cccc(Br)c2)n1. The monoisotopic (exact) mass is 291 g/mol. The number of anilines is 1. The van der Waals surface area contributed by atoms with Gasteiger partial charge in [0, 0.05) is 22.0 Å². The minimum Gasteiger partial charge on any atom is -0.383 e. The molecule has 0 saturated heterocycles. The fourth-order valence-electron chi connectivity index (χ4n) is 1.66. The molecule has 2 rings (SSSR count). The molecule has 0 aliphatic heterocycles. The normalized spacial score (nSPS) is 10.5. The Hall–Kier alpha value is -1.42. The number of rotatable bonds is 2. The highest BCUT2D eigenvalue weighted by Gasteiger charge is 2.09. The molecule has 1 aromatic carbocycles. The molecule has 0 radical (unpaired) electrons. The van der Waals surface area contributed by atoms with Crippen LogP contribution < -0.4 is 5.73 Å². The second kappa shape index (κ2) is 4.84. The number of aryl methyl sites for hydroxylation is 1. The lowest BCUT2D eigenvalue weighted by molar-refractivity contribution is 0.940. The lowest BCUT2D eigenvalue weighted by atomic mass is 10.1. The van der Waals surface area contributed by atoms with Gasteiger partial charge in [-0.05, 0) is 19.1 Å². The first-order valence-electron chi connectivity index (χ1n) is 5.50. The molecular formula is C13H14BrN3. The summed E-state index contributed by atoms with van der Waals surface area (Å²) in [7, 11) is 0. The summed E-state index contributed by atoms with van der Waals surface area (Å²) >= 11 is 3.46. The summed E-state index contributed by atoms with van der Waals surface area (Å²) in [5.41, 5.74) is 8.81. The number of hydrogen-bond acceptors (Lipinski definition) is 3. The maximum atomic E-state index is 5.91. The highest BCUT2D eigenvalue weighted by molar-refractivity contribution is 9.10. The highest BCUT2D eigenvalue weighted by atomic mass is 79.9. The Balaban J connectivity index is 2.62. The lowest BCUT2D eigenvalue weighted by Gasteiger charge is -2.09. The van der Waals surface area contributed by atoms with Crippen molar-refractivity contribution in [3.8, 4) is 11.3 Å². The van der Waals surface area contributed by atoms with E-state index in [4.69, 9.17) is 5.73 Å². The van der Waals surface area contributed by atoms with Crippen LogP contribution in [0.4, 0.5) is 5.82 Å². The second-order valence-corrected chi connectivity index (χ2v) is 4.78. The van der Waals surface area contributed by atoms with Crippen LogP contribution in [0.5, 0.6) is 0 Å². The molecule has 0 aliphatic carbocycles. The molecule has 1 aromatic heterocycles. The Kier molecular flexibility index (Phi) is 3.43. The van der Waals surface area contributed by atoms with E-state index in [-0.39, 0.29) is 0 Å². The Morgan fingerprint density at radius 2 is 2.06 bits per heavy atom. The number of aromatic nitrogens is 2. The van der Waals surface area contributed by atoms with E-state index < -0.39 is 0 Å². The van der Waals surface area contributed by atoms with Crippen LogP contribution in [0, 0.1) is 6.92 Å². The molecule has 88 valence electrons. The number of nitrogen functional groups attached to an aromatic ring is 1. The molecule has 0 amide bonds. The van der Waals surface area contributed by atoms with Gasteiger partial charge in [0.05, 0.1) is 5.69 Å². The Morgan fingerprint density at radius 3 is 2.71 bits per heavy atom. The van der Waals surface area contributed by atoms with Crippen molar-refractivity contribution in [1.82, 2.24) is 9.97 Å². The predicted molar refractivity (Wildman–Crippen MR) is 73.7 cm³/mol. The molecular weight excluding hydrogens is 278 g/mol. The predicted octanol–water partition coefficient (Wildman–Crippen LogP) is 3.36. The van der Waals surface area contributed by atoms with Gasteiger partial charge in [0.25, 0.3) is 0 Å². The van der Waals surface area contributed by atoms with Gasteiger partial charge >= 0.3 is 0 Å². The van der Waals surface area contributed by atoms with E-state index in [9.17, 15) is 0 Å². The first kappa shape index (κ1) is 12.0. The van der Waals surface area contributed by atoms with Gasteiger partial charge in [0.1, 0.15) is 11.6 Å². The van der Waals surface area contributed by atoms with Crippen molar-refractivity contribution in [1.29, 1.82) is 0 Å². The molecule has 0 spiro atoms. The van der Waals surface area contributed by atoms with Crippen molar-refractivity contribution < 1.29 is 0 Å². The molecule has 2 N–H and O–H groups in total. The molecule has 17 heavy (non-hydrogen) atoms. The van der Waals surface area contributed by atoms with Crippen LogP contribution in [-0.4, -0.2) is 9.97 Å². The largest absolute Gasteiger partial charge is 0.383 e. The van der Waals surface area contributed by atoms with Gasteiger partial charge in [-0.25, -0.2) is 9.97 Å². The molecule has 2 aromatic rings. The summed E-state index contributed by atoms with van der Waals surface area (Å²) in [6, 6.07) is 8.04. The quantitative estimate of drug-likeness (QED) is 0.923. The molecule has 4 heteroatoms. The van der Waals surface area contributed by atoms with Crippen molar-refractivity contribution in [2.24, 2.45) is 0 Å². The molecule has 0 aliphatic rings. The Labute approximate surface area is 109 Å². The second-order valence-electron chi connectivity index (χ2n) is 3.86. The molecule has 1 heterocycles. The van der Waals surface area contributed by atoms with Crippen molar-refractivity contribution in [3.05, 3.63) is 40.1 Å². The average molecular weight is 292 g/mol. The summed E-state index contributed by atoms with van der Waals surface area (Å²) in [4.78, 5) is 8.81. The summed E-state index contributed by atoms with van der Waals surface area (Å²) in [5, 5.41) is 0. The van der Waals surface area contributed by atoms with E-state index in [0.29, 0.717) is 5.82 Å². The highest BCUT2D eigenvalue weighted by Crippen LogP contribution is 2.26. The summed E-state index contributed by atoms with van der Waals surface area (Å²) in [5.74, 6) is 1.34. The smallest absolute Gasteiger partial charge is 0.131 e. The third-order valence-electron chi connectivity index (χ3n) is 2.64. The van der Waals surface area contributed by atoms with Gasteiger partial charge in [0.15, 0.2) is 0 Å². The fourth-order valence-corrected chi connectivity index (χ4v) is 2.06. The number of nitrogens with zero attached hydrogens (tertiary/aromatic N) is 2. The van der Waals surface area contributed by atoms with E-state index in [2.05, 4.69) is 25.9 Å². The first-order valence-corrected chi connectivity index (χ1v) is 6.30. The van der Waals surface area contributed by atoms with Crippen LogP contribution in [-0.2, 0) is 6.42 Å². The Bertz CT molecular complexity index is 552. The van der Waals surface area contributed by atoms with E-state index in [1.165, 1.54) is 0 Å². The van der Waals surface area contributed by atoms with E-state index in [0.717, 1.165) is 33.5 Å². The standard InChI is InChI=1S/C13H14BrN3/c1-3-11-16-12(8(2)13(15)17-11)9-5-4-6-10(14)7-9/h4-7H,3H2,1-2H3,(H2,15,16,17). The maximum absolute atomic E-state index is 5.91. The van der Waals surface area contributed by atoms with Crippen LogP contribution in [0.2, 0.25) is 0 Å². The molecule has 0 fully saturated rings. The van der Waals surface area contributed by atoms with Crippen molar-refractivity contribution in [3.63, 3.8) is 0 Å². The zero-order valence-corrected chi connectivity index (χ0v) is 11.5. The van der Waals surface area contributed by atoms with Crippen LogP contribution in [0.3, 0.4) is 0 Å². The van der Waals surface area contributed by atoms with Crippen LogP contribution in [0.25, 0.3) is 11.3 Å². The number of halogens is 1. The molecule has 0 saturated carbocycles. The zero-order chi connectivity index (χ0) is 12.4. The molecule has 0 bridgehead atoms. The third-order valence-corrected chi connectivity index (χ3v) is 3.14. The fraction of sp³-hybridized carbons (Fsp3) is 0.231. The van der Waals surface area contributed by atoms with Crippen LogP contribution in [0.15, 0.2) is 28.7 Å². The lowest BCUT2D eigenvalue weighted by Crippen LogP contribution is -2.04. The van der Waals surface area contributed by atoms with Crippen molar-refractivity contribution in [2.75, 3.05) is 5.73 Å². The number of nitrogens with two attached hydrogens (primary N) is 1. The van der Waals surface area contributed by atoms with Gasteiger partial charge < -0.3 is 5.73 Å². The van der Waals surface area contributed by atoms with E-state index >= 15 is 0 Å². The van der Waals surface area contributed by atoms with Gasteiger partial charge in [-0.2, -0.15) is 0 Å². The van der Waals surface area contributed by atoms with Crippen LogP contribution in [0.1, 0.15) is 18.3 Å². The molecule has 0 unspecified atom stereocenters. The minimum absolute atomic E-state index is 0.562. The van der Waals surface area contributed by atoms with Crippen molar-refractivity contribution >= 4 is 21.7 Å². The average Bonchev–Trinajstić information content (AvgIpc) is 2.32. The summed E-state index contributed by atoms with van der Waals surface area (Å²) in [6.45, 7) is 3.97. The zero-order valence-electron chi connectivity index (χ0n) is 9.87. The Morgan fingerprint density at radius 1 is 1.29 bits per heavy atom. The molecule has 0 atom stereocenters. The van der Waals surface area contributed by atoms with Crippen molar-refractivity contribution in [2.45, 2.75) is 20.3 Å². The van der Waals surface area contributed by atoms with Gasteiger partial charge in [-0.1, -0.05) is 35.0 Å². The van der Waals surface area contributed by atoms with Gasteiger partial charge in [-0.3, -0.25) is 0 Å². The summed E-state index contributed by atoms with van der Waals surface area (Å²) < 4.78 is 1.03. The van der Waals surface area contributed by atoms with E-state index in [1.807, 2.05) is 38.1 Å². The first-order chi connectivity index (χ1) is 8.11. The van der Waals surface area contributed by atoms with Gasteiger partial charge in [-0.15, -0.1) is 0 Å².